The number of esters is 1. The molecule has 0 heterocycles. The van der Waals surface area contributed by atoms with Gasteiger partial charge in [0.2, 0.25) is 0 Å². The van der Waals surface area contributed by atoms with Crippen molar-refractivity contribution in [2.75, 3.05) is 20.3 Å². The summed E-state index contributed by atoms with van der Waals surface area (Å²) in [4.78, 5) is 28.7. The Labute approximate surface area is 264 Å². The number of Topliss-reactive ketones (excluding diaryl/α,β-unsaturated/α-hetero) is 1. The van der Waals surface area contributed by atoms with Crippen LogP contribution in [0.5, 0.6) is 0 Å². The molecule has 0 saturated heterocycles. The lowest BCUT2D eigenvalue weighted by Gasteiger charge is -2.48. The van der Waals surface area contributed by atoms with E-state index in [0.29, 0.717) is 37.2 Å². The summed E-state index contributed by atoms with van der Waals surface area (Å²) in [6.45, 7) is 15.2. The molecule has 0 bridgehead atoms. The van der Waals surface area contributed by atoms with E-state index >= 15 is 0 Å². The number of methoxy groups -OCH3 is 1. The molecule has 1 fully saturated rings. The van der Waals surface area contributed by atoms with Crippen molar-refractivity contribution in [1.82, 2.24) is 0 Å². The van der Waals surface area contributed by atoms with Crippen LogP contribution in [-0.2, 0) is 35.3 Å². The van der Waals surface area contributed by atoms with Gasteiger partial charge in [-0.3, -0.25) is 9.59 Å². The lowest BCUT2D eigenvalue weighted by Crippen LogP contribution is -2.68. The molecule has 1 aliphatic rings. The van der Waals surface area contributed by atoms with Gasteiger partial charge in [0, 0.05) is 12.8 Å². The molecule has 2 unspecified atom stereocenters. The Kier molecular flexibility index (Phi) is 10.6. The number of ketones is 1. The predicted octanol–water partition coefficient (Wildman–Crippen LogP) is 6.49. The second-order valence-corrected chi connectivity index (χ2v) is 17.0. The van der Waals surface area contributed by atoms with E-state index < -0.39 is 25.8 Å². The first-order valence-electron chi connectivity index (χ1n) is 15.4. The highest BCUT2D eigenvalue weighted by Gasteiger charge is 2.58. The summed E-state index contributed by atoms with van der Waals surface area (Å²) in [6.07, 6.45) is 2.44. The topological polar surface area (TPSA) is 61.8 Å². The van der Waals surface area contributed by atoms with Crippen LogP contribution in [0.3, 0.4) is 0 Å². The van der Waals surface area contributed by atoms with E-state index in [1.54, 1.807) is 6.08 Å². The number of carbonyl (C=O) groups excluding carboxylic acids is 2. The highest BCUT2D eigenvalue weighted by atomic mass is 28.4. The summed E-state index contributed by atoms with van der Waals surface area (Å²) >= 11 is 0. The minimum Gasteiger partial charge on any atom is -0.468 e. The molecule has 0 amide bonds. The van der Waals surface area contributed by atoms with Crippen LogP contribution >= 0.6 is 0 Å². The third-order valence-electron chi connectivity index (χ3n) is 8.75. The molecule has 232 valence electrons. The molecule has 3 aromatic rings. The van der Waals surface area contributed by atoms with Gasteiger partial charge in [-0.15, -0.1) is 6.58 Å². The van der Waals surface area contributed by atoms with E-state index in [1.165, 1.54) is 7.11 Å². The van der Waals surface area contributed by atoms with Gasteiger partial charge in [0.05, 0.1) is 26.4 Å². The lowest BCUT2D eigenvalue weighted by molar-refractivity contribution is -0.153. The number of ether oxygens (including phenoxy) is 2. The van der Waals surface area contributed by atoms with E-state index in [2.05, 4.69) is 75.9 Å². The number of carbonyl (C=O) groups is 2. The van der Waals surface area contributed by atoms with E-state index in [0.717, 1.165) is 21.5 Å². The zero-order chi connectivity index (χ0) is 32.0. The third-order valence-corrected chi connectivity index (χ3v) is 13.8. The summed E-state index contributed by atoms with van der Waals surface area (Å²) < 4.78 is 18.8. The Balaban J connectivity index is 1.93. The fourth-order valence-electron chi connectivity index (χ4n) is 6.74. The van der Waals surface area contributed by atoms with Gasteiger partial charge < -0.3 is 13.9 Å². The first kappa shape index (κ1) is 33.3. The Morgan fingerprint density at radius 3 is 2.05 bits per heavy atom. The van der Waals surface area contributed by atoms with Gasteiger partial charge in [0.25, 0.3) is 8.32 Å². The predicted molar refractivity (Wildman–Crippen MR) is 180 cm³/mol. The minimum absolute atomic E-state index is 0.185. The van der Waals surface area contributed by atoms with Crippen molar-refractivity contribution in [3.8, 4) is 0 Å². The molecule has 5 nitrogen and oxygen atoms in total. The maximum Gasteiger partial charge on any atom is 0.324 e. The summed E-state index contributed by atoms with van der Waals surface area (Å²) in [7, 11) is -1.63. The van der Waals surface area contributed by atoms with Crippen LogP contribution in [0.2, 0.25) is 5.04 Å². The molecule has 4 rings (SSSR count). The van der Waals surface area contributed by atoms with Crippen molar-refractivity contribution in [2.45, 2.75) is 70.4 Å². The molecule has 0 N–H and O–H groups in total. The smallest absolute Gasteiger partial charge is 0.324 e. The molecule has 1 saturated carbocycles. The fraction of sp³-hybridized carbons (Fsp3) is 0.368. The average Bonchev–Trinajstić information content (AvgIpc) is 3.02. The molecule has 0 aromatic heterocycles. The van der Waals surface area contributed by atoms with Crippen molar-refractivity contribution >= 4 is 30.4 Å². The number of allylic oxidation sites excluding steroid dienone is 1. The Morgan fingerprint density at radius 2 is 1.52 bits per heavy atom. The van der Waals surface area contributed by atoms with Crippen LogP contribution in [0.15, 0.2) is 109 Å². The molecule has 44 heavy (non-hydrogen) atoms. The Bertz CT molecular complexity index is 1440. The normalized spacial score (nSPS) is 19.0. The SMILES string of the molecule is C=CCOCCc1ccccc1C1(C(=O)OC)CC(O[Si](c2ccccc2)(c2ccccc2)C(C)(C)C)CC(=C(C)C)C1=O. The number of hydrogen-bond acceptors (Lipinski definition) is 5. The van der Waals surface area contributed by atoms with Crippen molar-refractivity contribution in [3.63, 3.8) is 0 Å². The zero-order valence-electron chi connectivity index (χ0n) is 27.0. The first-order valence-corrected chi connectivity index (χ1v) is 17.3. The monoisotopic (exact) mass is 610 g/mol. The summed E-state index contributed by atoms with van der Waals surface area (Å²) in [5, 5.41) is 2.03. The standard InChI is InChI=1S/C38H46O5Si/c1-8-24-42-25-23-29-17-15-16-22-34(29)38(36(40)41-7)27-30(26-33(28(2)3)35(38)39)43-44(37(4,5)6,31-18-11-9-12-19-31)32-20-13-10-14-21-32/h8-22,30H,1,23-27H2,2-7H3. The Hall–Kier alpha value is -3.58. The highest BCUT2D eigenvalue weighted by molar-refractivity contribution is 6.99. The molecule has 2 atom stereocenters. The van der Waals surface area contributed by atoms with Crippen molar-refractivity contribution in [1.29, 1.82) is 0 Å². The quantitative estimate of drug-likeness (QED) is 0.0621. The van der Waals surface area contributed by atoms with E-state index in [-0.39, 0.29) is 17.2 Å². The van der Waals surface area contributed by atoms with Crippen LogP contribution in [0.25, 0.3) is 0 Å². The van der Waals surface area contributed by atoms with Crippen molar-refractivity contribution < 1.29 is 23.5 Å². The molecule has 0 aliphatic heterocycles. The molecular weight excluding hydrogens is 564 g/mol. The Morgan fingerprint density at radius 1 is 0.955 bits per heavy atom. The van der Waals surface area contributed by atoms with Gasteiger partial charge in [0.15, 0.2) is 11.2 Å². The van der Waals surface area contributed by atoms with Gasteiger partial charge in [0.1, 0.15) is 0 Å². The summed E-state index contributed by atoms with van der Waals surface area (Å²) in [5.41, 5.74) is 1.50. The second kappa shape index (κ2) is 14.0. The average molecular weight is 611 g/mol. The van der Waals surface area contributed by atoms with Gasteiger partial charge >= 0.3 is 5.97 Å². The molecule has 0 radical (unpaired) electrons. The third kappa shape index (κ3) is 6.30. The van der Waals surface area contributed by atoms with Gasteiger partial charge in [-0.2, -0.15) is 0 Å². The minimum atomic E-state index is -2.99. The van der Waals surface area contributed by atoms with E-state index in [9.17, 15) is 9.59 Å². The van der Waals surface area contributed by atoms with Crippen molar-refractivity contribution in [3.05, 3.63) is 120 Å². The second-order valence-electron chi connectivity index (χ2n) is 12.8. The maximum absolute atomic E-state index is 14.6. The van der Waals surface area contributed by atoms with Crippen LogP contribution in [0.1, 0.15) is 58.6 Å². The highest BCUT2D eigenvalue weighted by Crippen LogP contribution is 2.46. The lowest BCUT2D eigenvalue weighted by atomic mass is 9.64. The van der Waals surface area contributed by atoms with Gasteiger partial charge in [-0.25, -0.2) is 0 Å². The van der Waals surface area contributed by atoms with Gasteiger partial charge in [-0.05, 0) is 52.4 Å². The maximum atomic E-state index is 14.6. The molecule has 0 spiro atoms. The van der Waals surface area contributed by atoms with Crippen LogP contribution in [-0.4, -0.2) is 46.5 Å². The van der Waals surface area contributed by atoms with Crippen LogP contribution in [0.4, 0.5) is 0 Å². The van der Waals surface area contributed by atoms with Crippen LogP contribution in [0, 0.1) is 0 Å². The van der Waals surface area contributed by atoms with E-state index in [4.69, 9.17) is 13.9 Å². The van der Waals surface area contributed by atoms with Gasteiger partial charge in [-0.1, -0.05) is 117 Å². The zero-order valence-corrected chi connectivity index (χ0v) is 28.0. The van der Waals surface area contributed by atoms with E-state index in [1.807, 2.05) is 50.2 Å². The summed E-state index contributed by atoms with van der Waals surface area (Å²) in [6, 6.07) is 28.6. The summed E-state index contributed by atoms with van der Waals surface area (Å²) in [5.74, 6) is -0.762. The molecule has 6 heteroatoms. The number of rotatable bonds is 11. The van der Waals surface area contributed by atoms with Crippen LogP contribution < -0.4 is 10.4 Å². The number of benzene rings is 3. The molecule has 1 aliphatic carbocycles. The largest absolute Gasteiger partial charge is 0.468 e. The molecular formula is C38H46O5Si. The van der Waals surface area contributed by atoms with Crippen molar-refractivity contribution in [2.24, 2.45) is 0 Å². The first-order chi connectivity index (χ1) is 21.0. The molecule has 3 aromatic carbocycles. The fourth-order valence-corrected chi connectivity index (χ4v) is 11.4. The number of hydrogen-bond donors (Lipinski definition) is 0.